The third-order valence-electron chi connectivity index (χ3n) is 9.95. The molecule has 0 amide bonds. The number of anilines is 1. The molecular weight excluding hydrogens is 604 g/mol. The van der Waals surface area contributed by atoms with Gasteiger partial charge in [-0.25, -0.2) is 4.39 Å². The van der Waals surface area contributed by atoms with E-state index in [2.05, 4.69) is 40.9 Å². The van der Waals surface area contributed by atoms with Crippen molar-refractivity contribution in [1.29, 1.82) is 0 Å². The zero-order valence-electron chi connectivity index (χ0n) is 25.5. The molecule has 2 aromatic carbocycles. The molecule has 11 heteroatoms. The van der Waals surface area contributed by atoms with Crippen LogP contribution < -0.4 is 15.0 Å². The Labute approximate surface area is 267 Å². The molecule has 2 N–H and O–H groups in total. The Kier molecular flexibility index (Phi) is 8.07. The quantitative estimate of drug-likeness (QED) is 0.268. The normalized spacial score (nSPS) is 25.1. The predicted molar refractivity (Wildman–Crippen MR) is 172 cm³/mol. The molecule has 3 aromatic rings. The highest BCUT2D eigenvalue weighted by molar-refractivity contribution is 6.35. The molecule has 7 rings (SSSR count). The van der Waals surface area contributed by atoms with Crippen molar-refractivity contribution in [3.05, 3.63) is 39.6 Å². The van der Waals surface area contributed by atoms with Gasteiger partial charge in [0.25, 0.3) is 0 Å². The molecule has 8 nitrogen and oxygen atoms in total. The summed E-state index contributed by atoms with van der Waals surface area (Å²) in [6.45, 7) is 10.8. The molecule has 44 heavy (non-hydrogen) atoms. The van der Waals surface area contributed by atoms with Crippen molar-refractivity contribution < 1.29 is 19.0 Å². The average Bonchev–Trinajstić information content (AvgIpc) is 3.75. The number of ether oxygens (including phenoxy) is 2. The first-order valence-corrected chi connectivity index (χ1v) is 16.6. The summed E-state index contributed by atoms with van der Waals surface area (Å²) in [5.74, 6) is 0.245. The molecule has 3 unspecified atom stereocenters. The molecular formula is C33H40Cl2FN5O3. The Hall–Kier alpha value is -2.43. The number of morpholine rings is 1. The molecule has 3 atom stereocenters. The number of hydrogen-bond donors (Lipinski definition) is 2. The summed E-state index contributed by atoms with van der Waals surface area (Å²) in [5.41, 5.74) is 1.47. The van der Waals surface area contributed by atoms with E-state index in [4.69, 9.17) is 37.7 Å². The molecule has 4 heterocycles. The molecule has 3 aliphatic heterocycles. The van der Waals surface area contributed by atoms with Crippen molar-refractivity contribution in [3.63, 3.8) is 0 Å². The second-order valence-corrected chi connectivity index (χ2v) is 14.2. The van der Waals surface area contributed by atoms with Crippen LogP contribution in [0.4, 0.5) is 10.2 Å². The highest BCUT2D eigenvalue weighted by atomic mass is 35.5. The number of nitrogens with zero attached hydrogens (tertiary/aromatic N) is 4. The summed E-state index contributed by atoms with van der Waals surface area (Å²) in [4.78, 5) is 14.1. The zero-order chi connectivity index (χ0) is 30.7. The molecule has 236 valence electrons. The number of phenolic OH excluding ortho intramolecular Hbond substituents is 1. The van der Waals surface area contributed by atoms with Gasteiger partial charge in [0, 0.05) is 60.3 Å². The molecule has 0 spiro atoms. The van der Waals surface area contributed by atoms with Gasteiger partial charge in [-0.1, -0.05) is 23.2 Å². The predicted octanol–water partition coefficient (Wildman–Crippen LogP) is 6.53. The largest absolute Gasteiger partial charge is 0.508 e. The van der Waals surface area contributed by atoms with E-state index in [1.54, 1.807) is 12.1 Å². The maximum absolute atomic E-state index is 16.8. The Balaban J connectivity index is 1.24. The first kappa shape index (κ1) is 30.2. The van der Waals surface area contributed by atoms with E-state index in [0.717, 1.165) is 63.8 Å². The number of benzene rings is 2. The average molecular weight is 645 g/mol. The highest BCUT2D eigenvalue weighted by Crippen LogP contribution is 2.51. The van der Waals surface area contributed by atoms with Crippen LogP contribution >= 0.6 is 23.2 Å². The molecule has 4 aliphatic rings. The lowest BCUT2D eigenvalue weighted by Gasteiger charge is -2.44. The fourth-order valence-corrected chi connectivity index (χ4v) is 7.86. The fraction of sp³-hybridized carbons (Fsp3) is 0.576. The summed E-state index contributed by atoms with van der Waals surface area (Å²) in [5, 5.41) is 15.3. The van der Waals surface area contributed by atoms with Crippen molar-refractivity contribution >= 4 is 39.9 Å². The minimum absolute atomic E-state index is 0.0355. The van der Waals surface area contributed by atoms with Gasteiger partial charge < -0.3 is 24.8 Å². The molecule has 1 aliphatic carbocycles. The number of piperazine rings is 1. The van der Waals surface area contributed by atoms with Crippen LogP contribution in [0.5, 0.6) is 11.8 Å². The Morgan fingerprint density at radius 2 is 1.84 bits per heavy atom. The minimum Gasteiger partial charge on any atom is -0.508 e. The van der Waals surface area contributed by atoms with Crippen molar-refractivity contribution in [3.8, 4) is 22.9 Å². The number of aromatic nitrogens is 2. The van der Waals surface area contributed by atoms with Gasteiger partial charge in [0.1, 0.15) is 17.1 Å². The summed E-state index contributed by atoms with van der Waals surface area (Å²) in [6.07, 6.45) is 4.90. The number of halogens is 3. The SMILES string of the molecule is CC1N(CCCOc2nc(N3CC4CCC(C3)N4)c3cc(Cl)c(-c4cc(O)cc(Cl)c4C4CC4)c(F)c3n2)CCOC1(C)C. The van der Waals surface area contributed by atoms with E-state index < -0.39 is 5.82 Å². The van der Waals surface area contributed by atoms with Gasteiger partial charge in [-0.05, 0) is 88.1 Å². The van der Waals surface area contributed by atoms with Crippen LogP contribution in [0.1, 0.15) is 64.4 Å². The van der Waals surface area contributed by atoms with E-state index in [1.807, 2.05) is 0 Å². The Morgan fingerprint density at radius 1 is 1.09 bits per heavy atom. The second-order valence-electron chi connectivity index (χ2n) is 13.3. The van der Waals surface area contributed by atoms with Crippen molar-refractivity contribution in [2.45, 2.75) is 82.5 Å². The van der Waals surface area contributed by atoms with Crippen LogP contribution in [0.25, 0.3) is 22.0 Å². The maximum Gasteiger partial charge on any atom is 0.319 e. The lowest BCUT2D eigenvalue weighted by atomic mass is 9.94. The third kappa shape index (κ3) is 5.71. The lowest BCUT2D eigenvalue weighted by Crippen LogP contribution is -2.55. The van der Waals surface area contributed by atoms with Gasteiger partial charge in [-0.3, -0.25) is 4.90 Å². The maximum atomic E-state index is 16.8. The van der Waals surface area contributed by atoms with Crippen LogP contribution in [-0.4, -0.2) is 83.1 Å². The number of aromatic hydroxyl groups is 1. The molecule has 0 radical (unpaired) electrons. The first-order chi connectivity index (χ1) is 21.1. The van der Waals surface area contributed by atoms with E-state index in [-0.39, 0.29) is 45.4 Å². The first-order valence-electron chi connectivity index (χ1n) is 15.8. The molecule has 3 saturated heterocycles. The van der Waals surface area contributed by atoms with Gasteiger partial charge in [0.05, 0.1) is 23.8 Å². The van der Waals surface area contributed by atoms with Gasteiger partial charge >= 0.3 is 6.01 Å². The number of fused-ring (bicyclic) bond motifs is 3. The zero-order valence-corrected chi connectivity index (χ0v) is 27.0. The van der Waals surface area contributed by atoms with Crippen LogP contribution in [0.15, 0.2) is 18.2 Å². The smallest absolute Gasteiger partial charge is 0.319 e. The summed E-state index contributed by atoms with van der Waals surface area (Å²) in [7, 11) is 0. The van der Waals surface area contributed by atoms with Crippen LogP contribution in [-0.2, 0) is 4.74 Å². The van der Waals surface area contributed by atoms with E-state index in [0.29, 0.717) is 47.1 Å². The van der Waals surface area contributed by atoms with Gasteiger partial charge in [0.15, 0.2) is 5.82 Å². The highest BCUT2D eigenvalue weighted by Gasteiger charge is 2.37. The van der Waals surface area contributed by atoms with Crippen LogP contribution in [0.2, 0.25) is 10.0 Å². The third-order valence-corrected chi connectivity index (χ3v) is 10.6. The number of hydrogen-bond acceptors (Lipinski definition) is 8. The Bertz CT molecular complexity index is 1570. The summed E-state index contributed by atoms with van der Waals surface area (Å²) < 4.78 is 28.9. The topological polar surface area (TPSA) is 83.0 Å². The number of nitrogens with one attached hydrogen (secondary N) is 1. The van der Waals surface area contributed by atoms with E-state index >= 15 is 4.39 Å². The summed E-state index contributed by atoms with van der Waals surface area (Å²) in [6, 6.07) is 5.97. The van der Waals surface area contributed by atoms with Gasteiger partial charge in [0.2, 0.25) is 0 Å². The molecule has 2 bridgehead atoms. The molecule has 1 saturated carbocycles. The summed E-state index contributed by atoms with van der Waals surface area (Å²) >= 11 is 13.5. The molecule has 1 aromatic heterocycles. The monoisotopic (exact) mass is 643 g/mol. The van der Waals surface area contributed by atoms with Crippen molar-refractivity contribution in [2.75, 3.05) is 44.3 Å². The van der Waals surface area contributed by atoms with E-state index in [1.165, 1.54) is 6.07 Å². The minimum atomic E-state index is -0.563. The Morgan fingerprint density at radius 3 is 2.57 bits per heavy atom. The molecule has 4 fully saturated rings. The lowest BCUT2D eigenvalue weighted by molar-refractivity contribution is -0.121. The fourth-order valence-electron chi connectivity index (χ4n) is 7.20. The van der Waals surface area contributed by atoms with Gasteiger partial charge in [-0.15, -0.1) is 0 Å². The number of phenols is 1. The second kappa shape index (κ2) is 11.7. The van der Waals surface area contributed by atoms with Crippen LogP contribution in [0.3, 0.4) is 0 Å². The van der Waals surface area contributed by atoms with Gasteiger partial charge in [-0.2, -0.15) is 9.97 Å². The van der Waals surface area contributed by atoms with Crippen molar-refractivity contribution in [1.82, 2.24) is 20.2 Å². The van der Waals surface area contributed by atoms with Crippen LogP contribution in [0, 0.1) is 5.82 Å². The van der Waals surface area contributed by atoms with E-state index in [9.17, 15) is 5.11 Å². The standard InChI is InChI=1S/C33H40Cl2FN5O3/c1-18-33(2,3)44-12-10-40(18)9-4-11-43-32-38-30-24(31(39-32)41-16-20-7-8-21(17-41)37-20)15-26(35)28(29(30)36)23-13-22(42)14-25(34)27(23)19-5-6-19/h13-15,18-21,37,42H,4-12,16-17H2,1-3H3. The number of rotatable bonds is 8. The van der Waals surface area contributed by atoms with Crippen molar-refractivity contribution in [2.24, 2.45) is 0 Å².